The minimum atomic E-state index is 0.199. The molecule has 0 bridgehead atoms. The molecular weight excluding hydrogens is 318 g/mol. The average molecular weight is 331 g/mol. The van der Waals surface area contributed by atoms with Crippen molar-refractivity contribution >= 4 is 38.9 Å². The molecule has 1 nitrogen and oxygen atoms in total. The largest absolute Gasteiger partial charge is 0.309 e. The highest BCUT2D eigenvalue weighted by molar-refractivity contribution is 9.11. The molecule has 2 rings (SSSR count). The van der Waals surface area contributed by atoms with Crippen molar-refractivity contribution in [3.63, 3.8) is 0 Å². The van der Waals surface area contributed by atoms with Gasteiger partial charge in [0.15, 0.2) is 0 Å². The second-order valence-electron chi connectivity index (χ2n) is 3.82. The first-order valence-electron chi connectivity index (χ1n) is 5.31. The lowest BCUT2D eigenvalue weighted by molar-refractivity contribution is 0.699. The maximum absolute atomic E-state index is 6.17. The van der Waals surface area contributed by atoms with Crippen LogP contribution in [0.15, 0.2) is 34.1 Å². The van der Waals surface area contributed by atoms with E-state index in [1.54, 1.807) is 11.3 Å². The zero-order chi connectivity index (χ0) is 12.4. The Morgan fingerprint density at radius 1 is 1.29 bits per heavy atom. The monoisotopic (exact) mass is 329 g/mol. The van der Waals surface area contributed by atoms with E-state index in [0.29, 0.717) is 0 Å². The van der Waals surface area contributed by atoms with E-state index < -0.39 is 0 Å². The van der Waals surface area contributed by atoms with E-state index in [9.17, 15) is 0 Å². The molecule has 1 N–H and O–H groups in total. The fourth-order valence-electron chi connectivity index (χ4n) is 1.87. The van der Waals surface area contributed by atoms with Gasteiger partial charge in [0.2, 0.25) is 0 Å². The molecule has 1 heterocycles. The van der Waals surface area contributed by atoms with E-state index in [4.69, 9.17) is 11.6 Å². The van der Waals surface area contributed by atoms with Crippen LogP contribution in [-0.2, 0) is 0 Å². The van der Waals surface area contributed by atoms with Crippen LogP contribution in [-0.4, -0.2) is 7.05 Å². The molecule has 1 atom stereocenters. The maximum atomic E-state index is 6.17. The van der Waals surface area contributed by atoms with Crippen LogP contribution in [0.5, 0.6) is 0 Å². The van der Waals surface area contributed by atoms with Crippen molar-refractivity contribution in [3.8, 4) is 0 Å². The van der Waals surface area contributed by atoms with Gasteiger partial charge in [-0.25, -0.2) is 0 Å². The first-order valence-corrected chi connectivity index (χ1v) is 7.29. The number of thiophene rings is 1. The van der Waals surface area contributed by atoms with E-state index in [-0.39, 0.29) is 6.04 Å². The summed E-state index contributed by atoms with van der Waals surface area (Å²) in [5.74, 6) is 0. The summed E-state index contributed by atoms with van der Waals surface area (Å²) in [5.41, 5.74) is 2.37. The summed E-state index contributed by atoms with van der Waals surface area (Å²) in [7, 11) is 1.97. The molecule has 0 amide bonds. The van der Waals surface area contributed by atoms with Gasteiger partial charge in [0.1, 0.15) is 0 Å². The van der Waals surface area contributed by atoms with Crippen molar-refractivity contribution in [2.75, 3.05) is 7.05 Å². The van der Waals surface area contributed by atoms with Crippen molar-refractivity contribution in [2.24, 2.45) is 0 Å². The van der Waals surface area contributed by atoms with Crippen LogP contribution in [0, 0.1) is 6.92 Å². The molecule has 0 radical (unpaired) electrons. The topological polar surface area (TPSA) is 12.0 Å². The van der Waals surface area contributed by atoms with Crippen molar-refractivity contribution in [2.45, 2.75) is 13.0 Å². The van der Waals surface area contributed by atoms with Gasteiger partial charge in [-0.15, -0.1) is 11.3 Å². The van der Waals surface area contributed by atoms with Gasteiger partial charge >= 0.3 is 0 Å². The standard InChI is InChI=1S/C13H13BrClNS/c1-8-9(4-3-5-10(8)15)13(16-2)11-6-7-12(14)17-11/h3-7,13,16H,1-2H3. The number of hydrogen-bond donors (Lipinski definition) is 1. The molecule has 0 fully saturated rings. The van der Waals surface area contributed by atoms with Crippen molar-refractivity contribution in [3.05, 3.63) is 55.1 Å². The third-order valence-electron chi connectivity index (χ3n) is 2.79. The zero-order valence-corrected chi connectivity index (χ0v) is 12.8. The Bertz CT molecular complexity index is 524. The molecule has 0 saturated carbocycles. The number of nitrogens with one attached hydrogen (secondary N) is 1. The third-order valence-corrected chi connectivity index (χ3v) is 4.89. The predicted molar refractivity (Wildman–Crippen MR) is 79.1 cm³/mol. The number of benzene rings is 1. The first kappa shape index (κ1) is 13.1. The molecule has 1 unspecified atom stereocenters. The lowest BCUT2D eigenvalue weighted by Gasteiger charge is -2.18. The Morgan fingerprint density at radius 2 is 2.06 bits per heavy atom. The van der Waals surface area contributed by atoms with Crippen LogP contribution in [0.4, 0.5) is 0 Å². The fraction of sp³-hybridized carbons (Fsp3) is 0.231. The molecule has 0 saturated heterocycles. The van der Waals surface area contributed by atoms with Gasteiger partial charge < -0.3 is 5.32 Å². The predicted octanol–water partition coefficient (Wildman–Crippen LogP) is 4.78. The van der Waals surface area contributed by atoms with Crippen molar-refractivity contribution < 1.29 is 0 Å². The highest BCUT2D eigenvalue weighted by Crippen LogP contribution is 2.33. The highest BCUT2D eigenvalue weighted by Gasteiger charge is 2.16. The summed E-state index contributed by atoms with van der Waals surface area (Å²) in [6, 6.07) is 10.5. The van der Waals surface area contributed by atoms with Crippen molar-refractivity contribution in [1.82, 2.24) is 5.32 Å². The van der Waals surface area contributed by atoms with Crippen LogP contribution in [0.25, 0.3) is 0 Å². The van der Waals surface area contributed by atoms with Crippen LogP contribution in [0.3, 0.4) is 0 Å². The maximum Gasteiger partial charge on any atom is 0.0702 e. The quantitative estimate of drug-likeness (QED) is 0.854. The SMILES string of the molecule is CNC(c1ccc(Br)s1)c1cccc(Cl)c1C. The number of rotatable bonds is 3. The lowest BCUT2D eigenvalue weighted by Crippen LogP contribution is -2.17. The normalized spacial score (nSPS) is 12.7. The van der Waals surface area contributed by atoms with E-state index in [2.05, 4.69) is 46.4 Å². The summed E-state index contributed by atoms with van der Waals surface area (Å²) in [5, 5.41) is 4.16. The van der Waals surface area contributed by atoms with E-state index >= 15 is 0 Å². The molecule has 0 aliphatic heterocycles. The molecule has 1 aromatic heterocycles. The van der Waals surface area contributed by atoms with Gasteiger partial charge in [-0.1, -0.05) is 23.7 Å². The number of hydrogen-bond acceptors (Lipinski definition) is 2. The molecule has 17 heavy (non-hydrogen) atoms. The molecule has 1 aromatic carbocycles. The van der Waals surface area contributed by atoms with Gasteiger partial charge in [0.05, 0.1) is 9.83 Å². The summed E-state index contributed by atoms with van der Waals surface area (Å²) in [6.45, 7) is 2.06. The molecule has 90 valence electrons. The Balaban J connectivity index is 2.45. The smallest absolute Gasteiger partial charge is 0.0702 e. The highest BCUT2D eigenvalue weighted by atomic mass is 79.9. The summed E-state index contributed by atoms with van der Waals surface area (Å²) >= 11 is 11.4. The first-order chi connectivity index (χ1) is 8.13. The van der Waals surface area contributed by atoms with Gasteiger partial charge in [0, 0.05) is 9.90 Å². The average Bonchev–Trinajstić information content (AvgIpc) is 2.72. The number of halogens is 2. The van der Waals surface area contributed by atoms with Gasteiger partial charge in [0.25, 0.3) is 0 Å². The fourth-order valence-corrected chi connectivity index (χ4v) is 3.61. The Morgan fingerprint density at radius 3 is 2.65 bits per heavy atom. The second-order valence-corrected chi connectivity index (χ2v) is 6.72. The zero-order valence-electron chi connectivity index (χ0n) is 9.63. The van der Waals surface area contributed by atoms with Gasteiger partial charge in [-0.3, -0.25) is 0 Å². The van der Waals surface area contributed by atoms with Crippen LogP contribution in [0.1, 0.15) is 22.0 Å². The minimum Gasteiger partial charge on any atom is -0.309 e. The van der Waals surface area contributed by atoms with Gasteiger partial charge in [-0.2, -0.15) is 0 Å². The van der Waals surface area contributed by atoms with E-state index in [0.717, 1.165) is 14.4 Å². The molecular formula is C13H13BrClNS. The molecule has 4 heteroatoms. The van der Waals surface area contributed by atoms with Crippen LogP contribution in [0.2, 0.25) is 5.02 Å². The second kappa shape index (κ2) is 5.53. The summed E-state index contributed by atoms with van der Waals surface area (Å²) < 4.78 is 1.15. The summed E-state index contributed by atoms with van der Waals surface area (Å²) in [4.78, 5) is 1.28. The third kappa shape index (κ3) is 2.74. The molecule has 2 aromatic rings. The van der Waals surface area contributed by atoms with Crippen LogP contribution < -0.4 is 5.32 Å². The van der Waals surface area contributed by atoms with Gasteiger partial charge in [-0.05, 0) is 59.2 Å². The molecule has 0 spiro atoms. The van der Waals surface area contributed by atoms with E-state index in [1.165, 1.54) is 10.4 Å². The molecule has 0 aliphatic carbocycles. The molecule has 0 aliphatic rings. The summed E-state index contributed by atoms with van der Waals surface area (Å²) in [6.07, 6.45) is 0. The van der Waals surface area contributed by atoms with Crippen molar-refractivity contribution in [1.29, 1.82) is 0 Å². The van der Waals surface area contributed by atoms with E-state index in [1.807, 2.05) is 19.2 Å². The Kier molecular flexibility index (Phi) is 4.26. The van der Waals surface area contributed by atoms with Crippen LogP contribution >= 0.6 is 38.9 Å². The lowest BCUT2D eigenvalue weighted by atomic mass is 10.0. The Hall–Kier alpha value is -0.350. The Labute approximate surface area is 119 Å². The minimum absolute atomic E-state index is 0.199.